The number of hydrogen-bond acceptors (Lipinski definition) is 7. The van der Waals surface area contributed by atoms with Crippen molar-refractivity contribution in [1.82, 2.24) is 15.5 Å². The zero-order valence-electron chi connectivity index (χ0n) is 16.5. The molecule has 13 nitrogen and oxygen atoms in total. The van der Waals surface area contributed by atoms with Gasteiger partial charge < -0.3 is 37.2 Å². The second-order valence-electron chi connectivity index (χ2n) is 7.03. The minimum atomic E-state index is -1.36. The first-order valence-corrected chi connectivity index (χ1v) is 9.33. The molecule has 0 bridgehead atoms. The van der Waals surface area contributed by atoms with Crippen molar-refractivity contribution < 1.29 is 39.0 Å². The number of carbonyl (C=O) groups is 6. The van der Waals surface area contributed by atoms with Gasteiger partial charge in [0.1, 0.15) is 18.1 Å². The van der Waals surface area contributed by atoms with Gasteiger partial charge in [-0.15, -0.1) is 0 Å². The largest absolute Gasteiger partial charge is 0.481 e. The Kier molecular flexibility index (Phi) is 9.17. The van der Waals surface area contributed by atoms with Crippen LogP contribution in [0, 0.1) is 0 Å². The molecule has 30 heavy (non-hydrogen) atoms. The number of nitrogens with zero attached hydrogens (tertiary/aromatic N) is 1. The molecule has 0 aliphatic carbocycles. The van der Waals surface area contributed by atoms with Crippen molar-refractivity contribution in [2.45, 2.75) is 63.2 Å². The second-order valence-corrected chi connectivity index (χ2v) is 7.03. The molecular formula is C17H27N5O8. The molecule has 1 heterocycles. The zero-order chi connectivity index (χ0) is 23.0. The monoisotopic (exact) mass is 429 g/mol. The number of rotatable bonds is 11. The zero-order valence-corrected chi connectivity index (χ0v) is 16.5. The van der Waals surface area contributed by atoms with Crippen molar-refractivity contribution in [1.29, 1.82) is 0 Å². The number of primary amides is 1. The van der Waals surface area contributed by atoms with Gasteiger partial charge in [-0.3, -0.25) is 24.0 Å². The normalized spacial score (nSPS) is 18.7. The van der Waals surface area contributed by atoms with Crippen LogP contribution in [0.15, 0.2) is 0 Å². The minimum absolute atomic E-state index is 0.205. The van der Waals surface area contributed by atoms with Crippen molar-refractivity contribution in [2.24, 2.45) is 11.5 Å². The van der Waals surface area contributed by atoms with Gasteiger partial charge in [-0.25, -0.2) is 4.79 Å². The Hall–Kier alpha value is -3.22. The van der Waals surface area contributed by atoms with Gasteiger partial charge in [-0.05, 0) is 26.2 Å². The van der Waals surface area contributed by atoms with Crippen molar-refractivity contribution in [3.05, 3.63) is 0 Å². The Bertz CT molecular complexity index is 712. The highest BCUT2D eigenvalue weighted by Gasteiger charge is 2.37. The summed E-state index contributed by atoms with van der Waals surface area (Å²) in [5.74, 6) is -5.43. The molecule has 4 unspecified atom stereocenters. The molecule has 1 aliphatic heterocycles. The van der Waals surface area contributed by atoms with Crippen LogP contribution in [0.2, 0.25) is 0 Å². The molecule has 1 fully saturated rings. The highest BCUT2D eigenvalue weighted by Crippen LogP contribution is 2.19. The number of aliphatic carboxylic acids is 2. The molecule has 0 spiro atoms. The third-order valence-electron chi connectivity index (χ3n) is 4.60. The van der Waals surface area contributed by atoms with Gasteiger partial charge in [0.15, 0.2) is 0 Å². The fourth-order valence-corrected chi connectivity index (χ4v) is 3.01. The predicted molar refractivity (Wildman–Crippen MR) is 101 cm³/mol. The standard InChI is InChI=1S/C17H27N5O8/c1-8(14(26)21-10(17(29)30)4-5-12(19)23)20-15(27)11-3-2-6-22(11)16(28)9(18)7-13(24)25/h8-11H,2-7,18H2,1H3,(H2,19,23)(H,20,27)(H,21,26)(H,24,25)(H,29,30). The lowest BCUT2D eigenvalue weighted by Crippen LogP contribution is -2.56. The molecule has 13 heteroatoms. The van der Waals surface area contributed by atoms with E-state index in [0.29, 0.717) is 12.8 Å². The van der Waals surface area contributed by atoms with Crippen LogP contribution in [0.1, 0.15) is 39.0 Å². The molecule has 1 aliphatic rings. The topological polar surface area (TPSA) is 222 Å². The van der Waals surface area contributed by atoms with E-state index < -0.39 is 66.2 Å². The molecule has 0 saturated carbocycles. The average Bonchev–Trinajstić information content (AvgIpc) is 3.12. The summed E-state index contributed by atoms with van der Waals surface area (Å²) >= 11 is 0. The molecular weight excluding hydrogens is 402 g/mol. The number of carbonyl (C=O) groups excluding carboxylic acids is 4. The average molecular weight is 429 g/mol. The third kappa shape index (κ3) is 7.31. The summed E-state index contributed by atoms with van der Waals surface area (Å²) in [5.41, 5.74) is 10.6. The minimum Gasteiger partial charge on any atom is -0.481 e. The van der Waals surface area contributed by atoms with E-state index in [2.05, 4.69) is 10.6 Å². The SMILES string of the molecule is CC(NC(=O)C1CCCN1C(=O)C(N)CC(=O)O)C(=O)NC(CCC(N)=O)C(=O)O. The molecule has 168 valence electrons. The van der Waals surface area contributed by atoms with Gasteiger partial charge in [0.2, 0.25) is 23.6 Å². The van der Waals surface area contributed by atoms with E-state index in [1.807, 2.05) is 0 Å². The third-order valence-corrected chi connectivity index (χ3v) is 4.60. The highest BCUT2D eigenvalue weighted by atomic mass is 16.4. The van der Waals surface area contributed by atoms with Crippen LogP contribution in [0.4, 0.5) is 0 Å². The molecule has 0 aromatic carbocycles. The van der Waals surface area contributed by atoms with Gasteiger partial charge in [0.25, 0.3) is 0 Å². The van der Waals surface area contributed by atoms with Crippen LogP contribution < -0.4 is 22.1 Å². The molecule has 0 aromatic heterocycles. The van der Waals surface area contributed by atoms with Crippen LogP contribution in [-0.2, 0) is 28.8 Å². The molecule has 1 rings (SSSR count). The Morgan fingerprint density at radius 3 is 2.30 bits per heavy atom. The fourth-order valence-electron chi connectivity index (χ4n) is 3.01. The van der Waals surface area contributed by atoms with Gasteiger partial charge >= 0.3 is 11.9 Å². The quantitative estimate of drug-likeness (QED) is 0.198. The smallest absolute Gasteiger partial charge is 0.326 e. The summed E-state index contributed by atoms with van der Waals surface area (Å²) in [5, 5.41) is 22.5. The Balaban J connectivity index is 2.69. The van der Waals surface area contributed by atoms with Gasteiger partial charge in [-0.1, -0.05) is 0 Å². The van der Waals surface area contributed by atoms with E-state index in [1.165, 1.54) is 11.8 Å². The van der Waals surface area contributed by atoms with E-state index in [4.69, 9.17) is 21.7 Å². The predicted octanol–water partition coefficient (Wildman–Crippen LogP) is -2.88. The van der Waals surface area contributed by atoms with Gasteiger partial charge in [0.05, 0.1) is 12.5 Å². The van der Waals surface area contributed by atoms with E-state index in [1.54, 1.807) is 0 Å². The molecule has 8 N–H and O–H groups in total. The number of carboxylic acids is 2. The number of nitrogens with one attached hydrogen (secondary N) is 2. The van der Waals surface area contributed by atoms with Crippen molar-refractivity contribution >= 4 is 35.6 Å². The maximum atomic E-state index is 12.5. The van der Waals surface area contributed by atoms with E-state index in [-0.39, 0.29) is 19.4 Å². The summed E-state index contributed by atoms with van der Waals surface area (Å²) in [6.45, 7) is 1.55. The highest BCUT2D eigenvalue weighted by molar-refractivity contribution is 5.95. The number of nitrogens with two attached hydrogens (primary N) is 2. The van der Waals surface area contributed by atoms with Crippen LogP contribution >= 0.6 is 0 Å². The second kappa shape index (κ2) is 11.1. The number of carboxylic acid groups (broad SMARTS) is 2. The first-order chi connectivity index (χ1) is 13.9. The molecule has 1 saturated heterocycles. The molecule has 4 amide bonds. The Morgan fingerprint density at radius 1 is 1.13 bits per heavy atom. The lowest BCUT2D eigenvalue weighted by molar-refractivity contribution is -0.144. The summed E-state index contributed by atoms with van der Waals surface area (Å²) in [4.78, 5) is 71.0. The Labute approximate surface area is 172 Å². The van der Waals surface area contributed by atoms with Crippen LogP contribution in [-0.4, -0.2) is 81.4 Å². The fraction of sp³-hybridized carbons (Fsp3) is 0.647. The summed E-state index contributed by atoms with van der Waals surface area (Å²) in [7, 11) is 0. The number of amides is 4. The molecule has 4 atom stereocenters. The van der Waals surface area contributed by atoms with Gasteiger partial charge in [0, 0.05) is 13.0 Å². The van der Waals surface area contributed by atoms with E-state index in [0.717, 1.165) is 0 Å². The van der Waals surface area contributed by atoms with Crippen LogP contribution in [0.25, 0.3) is 0 Å². The Morgan fingerprint density at radius 2 is 1.77 bits per heavy atom. The van der Waals surface area contributed by atoms with E-state index in [9.17, 15) is 28.8 Å². The van der Waals surface area contributed by atoms with Crippen molar-refractivity contribution in [3.63, 3.8) is 0 Å². The molecule has 0 radical (unpaired) electrons. The van der Waals surface area contributed by atoms with Crippen LogP contribution in [0.5, 0.6) is 0 Å². The number of likely N-dealkylation sites (tertiary alicyclic amines) is 1. The van der Waals surface area contributed by atoms with E-state index >= 15 is 0 Å². The first-order valence-electron chi connectivity index (χ1n) is 9.33. The van der Waals surface area contributed by atoms with Crippen molar-refractivity contribution in [2.75, 3.05) is 6.54 Å². The summed E-state index contributed by atoms with van der Waals surface area (Å²) < 4.78 is 0. The summed E-state index contributed by atoms with van der Waals surface area (Å²) in [6, 6.07) is -4.70. The maximum Gasteiger partial charge on any atom is 0.326 e. The summed E-state index contributed by atoms with van der Waals surface area (Å²) in [6.07, 6.45) is -0.220. The lowest BCUT2D eigenvalue weighted by atomic mass is 10.1. The lowest BCUT2D eigenvalue weighted by Gasteiger charge is -2.27. The van der Waals surface area contributed by atoms with Crippen molar-refractivity contribution in [3.8, 4) is 0 Å². The first kappa shape index (κ1) is 24.8. The van der Waals surface area contributed by atoms with Gasteiger partial charge in [-0.2, -0.15) is 0 Å². The maximum absolute atomic E-state index is 12.5. The van der Waals surface area contributed by atoms with Crippen LogP contribution in [0.3, 0.4) is 0 Å². The number of hydrogen-bond donors (Lipinski definition) is 6. The molecule has 0 aromatic rings.